The number of rotatable bonds is 25. The largest absolute Gasteiger partial charge is 0.456 e. The summed E-state index contributed by atoms with van der Waals surface area (Å²) in [5.74, 6) is -0.899. The van der Waals surface area contributed by atoms with Crippen LogP contribution in [0.5, 0.6) is 17.2 Å². The molecule has 3 aliphatic heterocycles. The Kier molecular flexibility index (Phi) is 18.1. The summed E-state index contributed by atoms with van der Waals surface area (Å²) in [6.45, 7) is 16.6. The molecule has 6 unspecified atom stereocenters. The maximum absolute atomic E-state index is 15.2. The maximum Gasteiger partial charge on any atom is 0.333 e. The first-order valence-corrected chi connectivity index (χ1v) is 32.0. The van der Waals surface area contributed by atoms with Gasteiger partial charge in [-0.15, -0.1) is 0 Å². The molecule has 3 aliphatic rings. The van der Waals surface area contributed by atoms with E-state index < -0.39 is 63.7 Å². The molecule has 6 aromatic rings. The van der Waals surface area contributed by atoms with Gasteiger partial charge < -0.3 is 42.0 Å². The first-order valence-electron chi connectivity index (χ1n) is 26.6. The molecule has 0 saturated carbocycles. The number of carbonyl (C=O) groups is 3. The van der Waals surface area contributed by atoms with Gasteiger partial charge in [0.05, 0.1) is 74.0 Å². The summed E-state index contributed by atoms with van der Waals surface area (Å²) in [6.07, 6.45) is -3.78. The minimum atomic E-state index is -3.78. The highest BCUT2D eigenvalue weighted by molar-refractivity contribution is 7.68. The van der Waals surface area contributed by atoms with Gasteiger partial charge in [0.25, 0.3) is 22.1 Å². The van der Waals surface area contributed by atoms with Crippen LogP contribution in [0.1, 0.15) is 34.1 Å². The Morgan fingerprint density at radius 3 is 0.926 bits per heavy atom. The van der Waals surface area contributed by atoms with Crippen LogP contribution in [0, 0.1) is 5.41 Å². The maximum atomic E-state index is 15.2. The predicted octanol–water partition coefficient (Wildman–Crippen LogP) is 11.9. The fourth-order valence-electron chi connectivity index (χ4n) is 9.92. The lowest BCUT2D eigenvalue weighted by molar-refractivity contribution is -0.151. The van der Waals surface area contributed by atoms with E-state index in [4.69, 9.17) is 42.0 Å². The van der Waals surface area contributed by atoms with Crippen LogP contribution in [0.2, 0.25) is 0 Å². The molecule has 0 bridgehead atoms. The van der Waals surface area contributed by atoms with E-state index in [-0.39, 0.29) is 74.8 Å². The number of hydrogen-bond donors (Lipinski definition) is 0. The second-order valence-corrected chi connectivity index (χ2v) is 27.8. The smallest absolute Gasteiger partial charge is 0.333 e. The highest BCUT2D eigenvalue weighted by Gasteiger charge is 2.43. The van der Waals surface area contributed by atoms with Gasteiger partial charge in [-0.25, -0.2) is 14.4 Å². The highest BCUT2D eigenvalue weighted by atomic mass is 31.2. The summed E-state index contributed by atoms with van der Waals surface area (Å²) in [5.41, 5.74) is 3.78. The van der Waals surface area contributed by atoms with Gasteiger partial charge in [-0.2, -0.15) is 0 Å². The quantitative estimate of drug-likeness (QED) is 0.0228. The molecule has 0 fully saturated rings. The SMILES string of the molecule is C=C(C)C(=O)OC(COCC(CC)(COCC(CP1(=O)Oc2ccccc2-c2ccccc21)OC(=O)C(=C)C)COCC(CP1(=O)Oc2ccccc2-c2ccccc21)OC(=O)C(=C)C)CP1(=O)Oc2ccccc2-c2ccccc21. The fraction of sp³-hybridized carbons (Fsp3) is 0.286. The van der Waals surface area contributed by atoms with Gasteiger partial charge >= 0.3 is 17.9 Å². The number of fused-ring (bicyclic) bond motifs is 9. The van der Waals surface area contributed by atoms with Crippen LogP contribution in [-0.2, 0) is 56.5 Å². The van der Waals surface area contributed by atoms with Crippen molar-refractivity contribution in [2.45, 2.75) is 52.4 Å². The van der Waals surface area contributed by atoms with E-state index in [0.717, 1.165) is 33.4 Å². The Hall–Kier alpha value is -7.08. The molecule has 0 spiro atoms. The Labute approximate surface area is 472 Å². The number of benzene rings is 6. The minimum Gasteiger partial charge on any atom is -0.456 e. The van der Waals surface area contributed by atoms with E-state index in [2.05, 4.69) is 19.7 Å². The van der Waals surface area contributed by atoms with E-state index in [9.17, 15) is 14.4 Å². The molecular formula is C63H65O15P3. The molecule has 18 heteroatoms. The molecule has 15 nitrogen and oxygen atoms in total. The monoisotopic (exact) mass is 1150 g/mol. The molecule has 6 aromatic carbocycles. The van der Waals surface area contributed by atoms with E-state index in [1.807, 2.05) is 79.7 Å². The zero-order chi connectivity index (χ0) is 57.5. The van der Waals surface area contributed by atoms with E-state index in [1.54, 1.807) is 72.8 Å². The Bertz CT molecular complexity index is 3190. The second kappa shape index (κ2) is 25.0. The van der Waals surface area contributed by atoms with Crippen LogP contribution in [-0.4, -0.2) is 94.3 Å². The van der Waals surface area contributed by atoms with Gasteiger partial charge in [0.1, 0.15) is 35.6 Å². The number of esters is 3. The molecule has 0 aromatic heterocycles. The van der Waals surface area contributed by atoms with E-state index in [1.165, 1.54) is 20.8 Å². The van der Waals surface area contributed by atoms with Crippen molar-refractivity contribution in [2.75, 3.05) is 58.1 Å². The number of carbonyl (C=O) groups excluding carboxylic acids is 3. The third-order valence-electron chi connectivity index (χ3n) is 14.2. The van der Waals surface area contributed by atoms with Crippen LogP contribution in [0.3, 0.4) is 0 Å². The Morgan fingerprint density at radius 1 is 0.420 bits per heavy atom. The van der Waals surface area contributed by atoms with Crippen molar-refractivity contribution in [3.05, 3.63) is 182 Å². The molecule has 0 radical (unpaired) electrons. The first kappa shape index (κ1) is 58.6. The molecule has 0 aliphatic carbocycles. The molecule has 81 heavy (non-hydrogen) atoms. The third-order valence-corrected chi connectivity index (χ3v) is 21.7. The van der Waals surface area contributed by atoms with Crippen molar-refractivity contribution in [3.63, 3.8) is 0 Å². The topological polar surface area (TPSA) is 185 Å². The van der Waals surface area contributed by atoms with Gasteiger partial charge in [0.15, 0.2) is 0 Å². The van der Waals surface area contributed by atoms with Crippen molar-refractivity contribution in [1.29, 1.82) is 0 Å². The van der Waals surface area contributed by atoms with Crippen molar-refractivity contribution >= 4 is 55.9 Å². The van der Waals surface area contributed by atoms with Gasteiger partial charge in [0, 0.05) is 38.8 Å². The lowest BCUT2D eigenvalue weighted by atomic mass is 9.88. The van der Waals surface area contributed by atoms with Crippen LogP contribution in [0.15, 0.2) is 182 Å². The van der Waals surface area contributed by atoms with Gasteiger partial charge in [-0.05, 0) is 80.3 Å². The summed E-state index contributed by atoms with van der Waals surface area (Å²) >= 11 is 0. The summed E-state index contributed by atoms with van der Waals surface area (Å²) in [5, 5.41) is 1.41. The van der Waals surface area contributed by atoms with Crippen LogP contribution in [0.4, 0.5) is 0 Å². The molecule has 3 heterocycles. The zero-order valence-electron chi connectivity index (χ0n) is 45.7. The minimum absolute atomic E-state index is 0.115. The van der Waals surface area contributed by atoms with Crippen LogP contribution >= 0.6 is 22.1 Å². The first-order chi connectivity index (χ1) is 38.8. The van der Waals surface area contributed by atoms with Gasteiger partial charge in [-0.3, -0.25) is 13.7 Å². The molecular weight excluding hydrogens is 1090 g/mol. The Morgan fingerprint density at radius 2 is 0.667 bits per heavy atom. The van der Waals surface area contributed by atoms with Gasteiger partial charge in [-0.1, -0.05) is 136 Å². The fourth-order valence-corrected chi connectivity index (χ4v) is 17.2. The normalized spacial score (nSPS) is 19.9. The number of para-hydroxylation sites is 3. The van der Waals surface area contributed by atoms with Crippen molar-refractivity contribution in [1.82, 2.24) is 0 Å². The number of hydrogen-bond acceptors (Lipinski definition) is 15. The summed E-state index contributed by atoms with van der Waals surface area (Å²) in [6, 6.07) is 43.6. The van der Waals surface area contributed by atoms with E-state index in [0.29, 0.717) is 39.6 Å². The zero-order valence-corrected chi connectivity index (χ0v) is 48.4. The van der Waals surface area contributed by atoms with Crippen LogP contribution < -0.4 is 29.5 Å². The summed E-state index contributed by atoms with van der Waals surface area (Å²) in [4.78, 5) is 39.9. The molecule has 0 N–H and O–H groups in total. The summed E-state index contributed by atoms with van der Waals surface area (Å²) in [7, 11) is -11.3. The second-order valence-electron chi connectivity index (χ2n) is 20.7. The average Bonchev–Trinajstić information content (AvgIpc) is 3.50. The number of ether oxygens (including phenoxy) is 6. The van der Waals surface area contributed by atoms with Crippen molar-refractivity contribution in [2.24, 2.45) is 5.41 Å². The molecule has 9 rings (SSSR count). The van der Waals surface area contributed by atoms with Crippen LogP contribution in [0.25, 0.3) is 33.4 Å². The average molecular weight is 1160 g/mol. The lowest BCUT2D eigenvalue weighted by Gasteiger charge is -2.35. The molecule has 422 valence electrons. The van der Waals surface area contributed by atoms with Crippen molar-refractivity contribution in [3.8, 4) is 50.6 Å². The standard InChI is InChI=1S/C63H65O15P3/c1-8-63(39-70-33-45(73-60(64)42(2)3)36-79(67)57-30-18-12-24-51(57)48-21-9-15-27-54(48)76-79,40-71-34-46(74-61(65)43(4)5)37-80(68)58-31-19-13-25-52(58)49-22-10-16-28-55(49)77-80)41-72-35-47(75-62(66)44(6)7)38-81(69)59-32-20-14-26-53(59)50-23-11-17-29-56(50)78-81/h9-32,45-47H,2,4,6,8,33-41H2,1,3,5,7H3. The predicted molar refractivity (Wildman–Crippen MR) is 313 cm³/mol. The third kappa shape index (κ3) is 13.2. The Balaban J connectivity index is 0.992. The molecule has 0 saturated heterocycles. The molecule has 6 atom stereocenters. The lowest BCUT2D eigenvalue weighted by Crippen LogP contribution is -2.41. The highest BCUT2D eigenvalue weighted by Crippen LogP contribution is 2.58. The molecule has 0 amide bonds. The van der Waals surface area contributed by atoms with E-state index >= 15 is 13.7 Å². The van der Waals surface area contributed by atoms with Gasteiger partial charge in [0.2, 0.25) is 0 Å². The summed E-state index contributed by atoms with van der Waals surface area (Å²) < 4.78 is 102. The van der Waals surface area contributed by atoms with Crippen molar-refractivity contribution < 1.29 is 70.1 Å².